The number of nitrogens with zero attached hydrogens (tertiary/aromatic N) is 1. The maximum absolute atomic E-state index is 11.4. The zero-order valence-corrected chi connectivity index (χ0v) is 11.8. The van der Waals surface area contributed by atoms with Crippen LogP contribution in [0.15, 0.2) is 28.8 Å². The fourth-order valence-electron chi connectivity index (χ4n) is 2.32. The van der Waals surface area contributed by atoms with Crippen LogP contribution in [0, 0.1) is 5.41 Å². The Morgan fingerprint density at radius 3 is 2.80 bits per heavy atom. The molecular formula is C15H20N2O3. The summed E-state index contributed by atoms with van der Waals surface area (Å²) in [6.07, 6.45) is 2.90. The van der Waals surface area contributed by atoms with Gasteiger partial charge in [-0.15, -0.1) is 0 Å². The van der Waals surface area contributed by atoms with E-state index in [1.807, 2.05) is 32.0 Å². The lowest BCUT2D eigenvalue weighted by Crippen LogP contribution is -2.39. The average Bonchev–Trinajstić information content (AvgIpc) is 2.86. The number of hydrogen-bond acceptors (Lipinski definition) is 4. The molecule has 108 valence electrons. The van der Waals surface area contributed by atoms with Crippen LogP contribution in [0.5, 0.6) is 0 Å². The van der Waals surface area contributed by atoms with Crippen molar-refractivity contribution < 1.29 is 14.3 Å². The molecule has 2 heterocycles. The maximum atomic E-state index is 11.4. The molecule has 0 unspecified atom stereocenters. The molecule has 2 N–H and O–H groups in total. The zero-order chi connectivity index (χ0) is 14.6. The highest BCUT2D eigenvalue weighted by molar-refractivity contribution is 5.75. The Morgan fingerprint density at radius 2 is 2.20 bits per heavy atom. The van der Waals surface area contributed by atoms with Crippen molar-refractivity contribution in [1.29, 1.82) is 0 Å². The van der Waals surface area contributed by atoms with E-state index in [2.05, 4.69) is 10.3 Å². The van der Waals surface area contributed by atoms with Crippen molar-refractivity contribution in [3.05, 3.63) is 30.2 Å². The van der Waals surface area contributed by atoms with Crippen LogP contribution in [0.1, 0.15) is 32.4 Å². The molecule has 0 aliphatic heterocycles. The minimum absolute atomic E-state index is 0.430. The zero-order valence-electron chi connectivity index (χ0n) is 11.8. The van der Waals surface area contributed by atoms with Gasteiger partial charge in [-0.2, -0.15) is 0 Å². The molecule has 20 heavy (non-hydrogen) atoms. The number of carbonyl (C=O) groups is 1. The van der Waals surface area contributed by atoms with E-state index in [1.165, 1.54) is 0 Å². The van der Waals surface area contributed by atoms with Crippen molar-refractivity contribution in [2.24, 2.45) is 5.41 Å². The normalized spacial score (nSPS) is 11.9. The van der Waals surface area contributed by atoms with Crippen LogP contribution in [-0.4, -0.2) is 22.6 Å². The molecule has 0 spiro atoms. The Labute approximate surface area is 118 Å². The minimum atomic E-state index is -0.749. The van der Waals surface area contributed by atoms with Crippen molar-refractivity contribution >= 4 is 17.1 Å². The number of carboxylic acids is 1. The maximum Gasteiger partial charge on any atom is 0.310 e. The Hall–Kier alpha value is -1.88. The van der Waals surface area contributed by atoms with E-state index >= 15 is 0 Å². The van der Waals surface area contributed by atoms with Gasteiger partial charge in [0.2, 0.25) is 5.71 Å². The van der Waals surface area contributed by atoms with Crippen LogP contribution in [0.2, 0.25) is 0 Å². The van der Waals surface area contributed by atoms with Crippen LogP contribution in [-0.2, 0) is 11.3 Å². The largest absolute Gasteiger partial charge is 0.481 e. The van der Waals surface area contributed by atoms with Crippen molar-refractivity contribution in [2.45, 2.75) is 33.2 Å². The fraction of sp³-hybridized carbons (Fsp3) is 0.467. The molecule has 0 atom stereocenters. The van der Waals surface area contributed by atoms with Crippen LogP contribution in [0.25, 0.3) is 11.1 Å². The van der Waals surface area contributed by atoms with E-state index in [0.29, 0.717) is 31.6 Å². The van der Waals surface area contributed by atoms with Gasteiger partial charge in [0, 0.05) is 18.1 Å². The Morgan fingerprint density at radius 1 is 1.45 bits per heavy atom. The number of hydrogen-bond donors (Lipinski definition) is 2. The quantitative estimate of drug-likeness (QED) is 0.813. The molecule has 2 aromatic heterocycles. The number of nitrogens with one attached hydrogen (secondary N) is 1. The van der Waals surface area contributed by atoms with E-state index < -0.39 is 11.4 Å². The number of fused-ring (bicyclic) bond motifs is 1. The smallest absolute Gasteiger partial charge is 0.310 e. The van der Waals surface area contributed by atoms with Gasteiger partial charge in [0.05, 0.1) is 12.0 Å². The standard InChI is InChI=1S/C15H20N2O3/c1-3-15(4-2,14(18)19)10-16-9-12-8-11-6-5-7-17-13(11)20-12/h5-8,16H,3-4,9-10H2,1-2H3,(H,18,19). The van der Waals surface area contributed by atoms with Crippen molar-refractivity contribution in [3.63, 3.8) is 0 Å². The third kappa shape index (κ3) is 2.82. The van der Waals surface area contributed by atoms with Gasteiger partial charge in [0.15, 0.2) is 0 Å². The molecule has 0 saturated heterocycles. The SMILES string of the molecule is CCC(CC)(CNCc1cc2cccnc2o1)C(=O)O. The Bertz CT molecular complexity index is 555. The molecule has 0 aliphatic rings. The summed E-state index contributed by atoms with van der Waals surface area (Å²) in [5, 5.41) is 13.5. The third-order valence-electron chi connectivity index (χ3n) is 3.91. The van der Waals surface area contributed by atoms with E-state index in [4.69, 9.17) is 4.42 Å². The predicted octanol–water partition coefficient (Wildman–Crippen LogP) is 2.81. The van der Waals surface area contributed by atoms with Gasteiger partial charge >= 0.3 is 5.97 Å². The van der Waals surface area contributed by atoms with Gasteiger partial charge in [-0.05, 0) is 31.0 Å². The van der Waals surface area contributed by atoms with E-state index in [9.17, 15) is 9.90 Å². The second kappa shape index (κ2) is 6.05. The van der Waals surface area contributed by atoms with E-state index in [-0.39, 0.29) is 0 Å². The van der Waals surface area contributed by atoms with Gasteiger partial charge in [-0.3, -0.25) is 4.79 Å². The second-order valence-corrected chi connectivity index (χ2v) is 5.01. The van der Waals surface area contributed by atoms with Crippen LogP contribution >= 0.6 is 0 Å². The summed E-state index contributed by atoms with van der Waals surface area (Å²) in [7, 11) is 0. The van der Waals surface area contributed by atoms with Gasteiger partial charge in [-0.1, -0.05) is 13.8 Å². The highest BCUT2D eigenvalue weighted by atomic mass is 16.4. The summed E-state index contributed by atoms with van der Waals surface area (Å²) in [6, 6.07) is 5.73. The third-order valence-corrected chi connectivity index (χ3v) is 3.91. The minimum Gasteiger partial charge on any atom is -0.481 e. The first kappa shape index (κ1) is 14.5. The summed E-state index contributed by atoms with van der Waals surface area (Å²) < 4.78 is 5.59. The van der Waals surface area contributed by atoms with Crippen molar-refractivity contribution in [2.75, 3.05) is 6.54 Å². The van der Waals surface area contributed by atoms with Gasteiger partial charge in [0.25, 0.3) is 0 Å². The van der Waals surface area contributed by atoms with E-state index in [1.54, 1.807) is 6.20 Å². The molecule has 0 bridgehead atoms. The summed E-state index contributed by atoms with van der Waals surface area (Å²) >= 11 is 0. The monoisotopic (exact) mass is 276 g/mol. The number of furan rings is 1. The predicted molar refractivity (Wildman–Crippen MR) is 76.4 cm³/mol. The Balaban J connectivity index is 1.99. The Kier molecular flexibility index (Phi) is 4.39. The van der Waals surface area contributed by atoms with Crippen molar-refractivity contribution in [1.82, 2.24) is 10.3 Å². The molecule has 2 aromatic rings. The lowest BCUT2D eigenvalue weighted by atomic mass is 9.82. The first-order valence-corrected chi connectivity index (χ1v) is 6.89. The lowest BCUT2D eigenvalue weighted by molar-refractivity contribution is -0.149. The van der Waals surface area contributed by atoms with Crippen LogP contribution in [0.4, 0.5) is 0 Å². The number of aromatic nitrogens is 1. The molecule has 2 rings (SSSR count). The molecule has 0 fully saturated rings. The lowest BCUT2D eigenvalue weighted by Gasteiger charge is -2.26. The summed E-state index contributed by atoms with van der Waals surface area (Å²) in [4.78, 5) is 15.5. The van der Waals surface area contributed by atoms with Gasteiger partial charge < -0.3 is 14.8 Å². The summed E-state index contributed by atoms with van der Waals surface area (Å²) in [6.45, 7) is 4.75. The molecule has 0 saturated carbocycles. The van der Waals surface area contributed by atoms with Gasteiger partial charge in [-0.25, -0.2) is 4.98 Å². The summed E-state index contributed by atoms with van der Waals surface area (Å²) in [5.41, 5.74) is -0.0932. The molecule has 0 amide bonds. The van der Waals surface area contributed by atoms with Crippen molar-refractivity contribution in [3.8, 4) is 0 Å². The second-order valence-electron chi connectivity index (χ2n) is 5.01. The first-order valence-electron chi connectivity index (χ1n) is 6.89. The number of aliphatic carboxylic acids is 1. The van der Waals surface area contributed by atoms with E-state index in [0.717, 1.165) is 11.1 Å². The molecule has 0 aliphatic carbocycles. The highest BCUT2D eigenvalue weighted by Gasteiger charge is 2.34. The fourth-order valence-corrected chi connectivity index (χ4v) is 2.32. The van der Waals surface area contributed by atoms with Gasteiger partial charge in [0.1, 0.15) is 5.76 Å². The number of carboxylic acid groups (broad SMARTS) is 1. The van der Waals surface area contributed by atoms with Crippen LogP contribution < -0.4 is 5.32 Å². The number of rotatable bonds is 7. The molecule has 5 nitrogen and oxygen atoms in total. The molecule has 0 radical (unpaired) electrons. The summed E-state index contributed by atoms with van der Waals surface area (Å²) in [5.74, 6) is 0.0199. The molecular weight excluding hydrogens is 256 g/mol. The number of pyridine rings is 1. The first-order chi connectivity index (χ1) is 9.61. The molecule has 0 aromatic carbocycles. The molecule has 5 heteroatoms. The average molecular weight is 276 g/mol. The van der Waals surface area contributed by atoms with Crippen LogP contribution in [0.3, 0.4) is 0 Å². The topological polar surface area (TPSA) is 75.4 Å². The highest BCUT2D eigenvalue weighted by Crippen LogP contribution is 2.26.